The van der Waals surface area contributed by atoms with Crippen LogP contribution in [0.25, 0.3) is 0 Å². The lowest BCUT2D eigenvalue weighted by Crippen LogP contribution is -2.26. The van der Waals surface area contributed by atoms with Crippen LogP contribution in [0.2, 0.25) is 0 Å². The minimum absolute atomic E-state index is 0.0845. The molecule has 1 aliphatic carbocycles. The molecule has 1 aromatic rings. The van der Waals surface area contributed by atoms with E-state index in [0.717, 1.165) is 23.1 Å². The number of carbonyl (C=O) groups excluding carboxylic acids is 2. The van der Waals surface area contributed by atoms with Crippen LogP contribution < -0.4 is 0 Å². The molecule has 2 heteroatoms. The summed E-state index contributed by atoms with van der Waals surface area (Å²) in [7, 11) is 0. The molecular formula is C14H16O2. The standard InChI is InChI=1S/C14H16O2/c1-9-6-10(2)8-11(7-9)14-12(15)4-3-5-13(14)16/h6-8,14H,3-5H2,1-2H3. The van der Waals surface area contributed by atoms with Gasteiger partial charge in [-0.25, -0.2) is 0 Å². The highest BCUT2D eigenvalue weighted by Gasteiger charge is 2.31. The Hall–Kier alpha value is -1.44. The summed E-state index contributed by atoms with van der Waals surface area (Å²) >= 11 is 0. The van der Waals surface area contributed by atoms with Crippen LogP contribution in [-0.2, 0) is 9.59 Å². The van der Waals surface area contributed by atoms with Crippen LogP contribution in [0.1, 0.15) is 41.9 Å². The minimum atomic E-state index is -0.493. The van der Waals surface area contributed by atoms with Crippen LogP contribution >= 0.6 is 0 Å². The second-order valence-corrected chi connectivity index (χ2v) is 4.64. The summed E-state index contributed by atoms with van der Waals surface area (Å²) in [6.45, 7) is 3.99. The Labute approximate surface area is 95.7 Å². The molecule has 0 bridgehead atoms. The molecule has 0 aliphatic heterocycles. The van der Waals surface area contributed by atoms with Gasteiger partial charge in [-0.1, -0.05) is 29.3 Å². The highest BCUT2D eigenvalue weighted by molar-refractivity contribution is 6.09. The Bertz CT molecular complexity index is 410. The van der Waals surface area contributed by atoms with Crippen molar-refractivity contribution in [3.8, 4) is 0 Å². The van der Waals surface area contributed by atoms with Crippen LogP contribution in [0.5, 0.6) is 0 Å². The van der Waals surface area contributed by atoms with Crippen molar-refractivity contribution < 1.29 is 9.59 Å². The Morgan fingerprint density at radius 1 is 0.938 bits per heavy atom. The highest BCUT2D eigenvalue weighted by atomic mass is 16.2. The van der Waals surface area contributed by atoms with Crippen LogP contribution in [0, 0.1) is 13.8 Å². The third-order valence-corrected chi connectivity index (χ3v) is 3.07. The molecule has 1 aromatic carbocycles. The highest BCUT2D eigenvalue weighted by Crippen LogP contribution is 2.28. The number of rotatable bonds is 1. The molecule has 1 saturated carbocycles. The van der Waals surface area contributed by atoms with E-state index >= 15 is 0 Å². The summed E-state index contributed by atoms with van der Waals surface area (Å²) < 4.78 is 0. The maximum absolute atomic E-state index is 11.8. The van der Waals surface area contributed by atoms with Gasteiger partial charge in [0, 0.05) is 12.8 Å². The zero-order valence-corrected chi connectivity index (χ0v) is 9.75. The summed E-state index contributed by atoms with van der Waals surface area (Å²) in [5.41, 5.74) is 3.11. The van der Waals surface area contributed by atoms with Gasteiger partial charge in [0.1, 0.15) is 17.5 Å². The molecule has 0 spiro atoms. The summed E-state index contributed by atoms with van der Waals surface area (Å²) in [5.74, 6) is -0.324. The van der Waals surface area contributed by atoms with Gasteiger partial charge in [0.2, 0.25) is 0 Å². The Kier molecular flexibility index (Phi) is 2.90. The van der Waals surface area contributed by atoms with Crippen molar-refractivity contribution in [3.63, 3.8) is 0 Å². The molecule has 0 amide bonds. The molecule has 2 rings (SSSR count). The second kappa shape index (κ2) is 4.20. The fourth-order valence-corrected chi connectivity index (χ4v) is 2.45. The second-order valence-electron chi connectivity index (χ2n) is 4.64. The summed E-state index contributed by atoms with van der Waals surface area (Å²) in [6.07, 6.45) is 1.81. The Balaban J connectivity index is 2.41. The predicted molar refractivity (Wildman–Crippen MR) is 62.5 cm³/mol. The maximum Gasteiger partial charge on any atom is 0.147 e. The molecule has 0 atom stereocenters. The van der Waals surface area contributed by atoms with Crippen LogP contribution in [0.15, 0.2) is 18.2 Å². The van der Waals surface area contributed by atoms with Gasteiger partial charge in [0.05, 0.1) is 0 Å². The van der Waals surface area contributed by atoms with E-state index in [1.54, 1.807) is 0 Å². The molecule has 0 aromatic heterocycles. The first kappa shape index (κ1) is 11.1. The quantitative estimate of drug-likeness (QED) is 0.676. The zero-order valence-electron chi connectivity index (χ0n) is 9.75. The van der Waals surface area contributed by atoms with Gasteiger partial charge in [-0.2, -0.15) is 0 Å². The molecule has 0 saturated heterocycles. The molecule has 84 valence electrons. The monoisotopic (exact) mass is 216 g/mol. The molecule has 0 radical (unpaired) electrons. The third-order valence-electron chi connectivity index (χ3n) is 3.07. The first-order valence-electron chi connectivity index (χ1n) is 5.71. The number of Topliss-reactive ketones (excluding diaryl/α,β-unsaturated/α-hetero) is 2. The number of aryl methyl sites for hydroxylation is 2. The van der Waals surface area contributed by atoms with Crippen molar-refractivity contribution >= 4 is 11.6 Å². The molecular weight excluding hydrogens is 200 g/mol. The lowest BCUT2D eigenvalue weighted by atomic mass is 9.81. The van der Waals surface area contributed by atoms with Crippen molar-refractivity contribution in [2.45, 2.75) is 39.0 Å². The van der Waals surface area contributed by atoms with Gasteiger partial charge in [-0.05, 0) is 25.8 Å². The maximum atomic E-state index is 11.8. The van der Waals surface area contributed by atoms with E-state index in [1.807, 2.05) is 26.0 Å². The van der Waals surface area contributed by atoms with E-state index in [0.29, 0.717) is 12.8 Å². The average Bonchev–Trinajstić information content (AvgIpc) is 2.15. The number of hydrogen-bond donors (Lipinski definition) is 0. The van der Waals surface area contributed by atoms with E-state index in [4.69, 9.17) is 0 Å². The van der Waals surface area contributed by atoms with Gasteiger partial charge in [-0.15, -0.1) is 0 Å². The Morgan fingerprint density at radius 3 is 1.94 bits per heavy atom. The molecule has 0 N–H and O–H groups in total. The van der Waals surface area contributed by atoms with E-state index < -0.39 is 5.92 Å². The summed E-state index contributed by atoms with van der Waals surface area (Å²) in [6, 6.07) is 5.97. The minimum Gasteiger partial charge on any atom is -0.299 e. The third kappa shape index (κ3) is 2.06. The Morgan fingerprint density at radius 2 is 1.44 bits per heavy atom. The molecule has 0 heterocycles. The first-order chi connectivity index (χ1) is 7.58. The van der Waals surface area contributed by atoms with Gasteiger partial charge < -0.3 is 0 Å². The largest absolute Gasteiger partial charge is 0.299 e. The molecule has 0 unspecified atom stereocenters. The fraction of sp³-hybridized carbons (Fsp3) is 0.429. The zero-order chi connectivity index (χ0) is 11.7. The van der Waals surface area contributed by atoms with Crippen molar-refractivity contribution in [1.82, 2.24) is 0 Å². The topological polar surface area (TPSA) is 34.1 Å². The first-order valence-corrected chi connectivity index (χ1v) is 5.71. The predicted octanol–water partition coefficient (Wildman–Crippen LogP) is 2.71. The van der Waals surface area contributed by atoms with Crippen molar-refractivity contribution in [2.75, 3.05) is 0 Å². The average molecular weight is 216 g/mol. The van der Waals surface area contributed by atoms with Crippen molar-refractivity contribution in [3.05, 3.63) is 34.9 Å². The van der Waals surface area contributed by atoms with Gasteiger partial charge >= 0.3 is 0 Å². The fourth-order valence-electron chi connectivity index (χ4n) is 2.45. The van der Waals surface area contributed by atoms with E-state index in [1.165, 1.54) is 0 Å². The summed E-state index contributed by atoms with van der Waals surface area (Å²) in [5, 5.41) is 0. The SMILES string of the molecule is Cc1cc(C)cc(C2C(=O)CCCC2=O)c1. The van der Waals surface area contributed by atoms with E-state index in [-0.39, 0.29) is 11.6 Å². The van der Waals surface area contributed by atoms with Gasteiger partial charge in [-0.3, -0.25) is 9.59 Å². The van der Waals surface area contributed by atoms with Crippen molar-refractivity contribution in [2.24, 2.45) is 0 Å². The van der Waals surface area contributed by atoms with Gasteiger partial charge in [0.25, 0.3) is 0 Å². The van der Waals surface area contributed by atoms with Gasteiger partial charge in [0.15, 0.2) is 0 Å². The van der Waals surface area contributed by atoms with Crippen LogP contribution in [-0.4, -0.2) is 11.6 Å². The molecule has 16 heavy (non-hydrogen) atoms. The van der Waals surface area contributed by atoms with Crippen LogP contribution in [0.4, 0.5) is 0 Å². The molecule has 1 aliphatic rings. The summed E-state index contributed by atoms with van der Waals surface area (Å²) in [4.78, 5) is 23.6. The molecule has 1 fully saturated rings. The number of ketones is 2. The lowest BCUT2D eigenvalue weighted by molar-refractivity contribution is -0.131. The van der Waals surface area contributed by atoms with E-state index in [2.05, 4.69) is 6.07 Å². The van der Waals surface area contributed by atoms with E-state index in [9.17, 15) is 9.59 Å². The normalized spacial score (nSPS) is 17.9. The lowest BCUT2D eigenvalue weighted by Gasteiger charge is -2.20. The number of benzene rings is 1. The van der Waals surface area contributed by atoms with Crippen LogP contribution in [0.3, 0.4) is 0 Å². The number of carbonyl (C=O) groups is 2. The smallest absolute Gasteiger partial charge is 0.147 e. The van der Waals surface area contributed by atoms with Crippen molar-refractivity contribution in [1.29, 1.82) is 0 Å². The number of hydrogen-bond acceptors (Lipinski definition) is 2. The molecule has 2 nitrogen and oxygen atoms in total.